The summed E-state index contributed by atoms with van der Waals surface area (Å²) in [7, 11) is 0. The van der Waals surface area contributed by atoms with Crippen molar-refractivity contribution < 1.29 is 9.21 Å². The second-order valence-electron chi connectivity index (χ2n) is 2.69. The number of hydrogen-bond donors (Lipinski definition) is 2. The van der Waals surface area contributed by atoms with Gasteiger partial charge in [-0.3, -0.25) is 4.79 Å². The molecule has 1 rings (SSSR count). The summed E-state index contributed by atoms with van der Waals surface area (Å²) in [6, 6.07) is 0. The zero-order chi connectivity index (χ0) is 9.84. The second-order valence-corrected chi connectivity index (χ2v) is 2.69. The smallest absolute Gasteiger partial charge is 0.289 e. The summed E-state index contributed by atoms with van der Waals surface area (Å²) in [5.74, 6) is 0.505. The van der Waals surface area contributed by atoms with Crippen molar-refractivity contribution in [1.29, 1.82) is 0 Å². The first kappa shape index (κ1) is 9.73. The molecule has 0 aliphatic heterocycles. The fourth-order valence-corrected chi connectivity index (χ4v) is 1.01. The molecule has 3 N–H and O–H groups in total. The molecular formula is C8H13N3O2. The van der Waals surface area contributed by atoms with Gasteiger partial charge in [0.25, 0.3) is 5.91 Å². The lowest BCUT2D eigenvalue weighted by molar-refractivity contribution is 0.0925. The van der Waals surface area contributed by atoms with Gasteiger partial charge >= 0.3 is 0 Å². The molecular weight excluding hydrogens is 170 g/mol. The minimum Gasteiger partial charge on any atom is -0.436 e. The third-order valence-electron chi connectivity index (χ3n) is 1.54. The lowest BCUT2D eigenvalue weighted by Gasteiger charge is -1.99. The van der Waals surface area contributed by atoms with Crippen molar-refractivity contribution in [2.45, 2.75) is 13.8 Å². The highest BCUT2D eigenvalue weighted by Gasteiger charge is 2.14. The number of hydrogen-bond acceptors (Lipinski definition) is 4. The predicted octanol–water partition coefficient (Wildman–Crippen LogP) is -0.0201. The van der Waals surface area contributed by atoms with Crippen LogP contribution in [0.3, 0.4) is 0 Å². The summed E-state index contributed by atoms with van der Waals surface area (Å²) in [6.07, 6.45) is 0. The molecule has 0 atom stereocenters. The van der Waals surface area contributed by atoms with E-state index in [0.29, 0.717) is 24.7 Å². The molecule has 0 unspecified atom stereocenters. The highest BCUT2D eigenvalue weighted by atomic mass is 16.4. The minimum atomic E-state index is -0.261. The zero-order valence-electron chi connectivity index (χ0n) is 7.76. The quantitative estimate of drug-likeness (QED) is 0.690. The Bertz CT molecular complexity index is 306. The van der Waals surface area contributed by atoms with Crippen molar-refractivity contribution in [3.05, 3.63) is 17.3 Å². The third-order valence-corrected chi connectivity index (χ3v) is 1.54. The van der Waals surface area contributed by atoms with E-state index >= 15 is 0 Å². The summed E-state index contributed by atoms with van der Waals surface area (Å²) in [4.78, 5) is 15.3. The van der Waals surface area contributed by atoms with Crippen LogP contribution >= 0.6 is 0 Å². The number of nitrogens with two attached hydrogens (primary N) is 1. The van der Waals surface area contributed by atoms with Crippen LogP contribution in [-0.4, -0.2) is 24.0 Å². The van der Waals surface area contributed by atoms with Crippen LogP contribution < -0.4 is 11.1 Å². The SMILES string of the molecule is Cc1nc(C)c(C(=O)NCCN)o1. The van der Waals surface area contributed by atoms with Gasteiger partial charge in [-0.05, 0) is 6.92 Å². The van der Waals surface area contributed by atoms with Gasteiger partial charge in [0, 0.05) is 20.0 Å². The molecule has 0 aliphatic rings. The summed E-state index contributed by atoms with van der Waals surface area (Å²) in [5.41, 5.74) is 5.84. The van der Waals surface area contributed by atoms with Crippen LogP contribution in [0.2, 0.25) is 0 Å². The van der Waals surface area contributed by atoms with Crippen LogP contribution in [0.5, 0.6) is 0 Å². The van der Waals surface area contributed by atoms with Gasteiger partial charge in [0.1, 0.15) is 0 Å². The van der Waals surface area contributed by atoms with Crippen molar-refractivity contribution in [2.75, 3.05) is 13.1 Å². The highest BCUT2D eigenvalue weighted by molar-refractivity contribution is 5.92. The first-order valence-electron chi connectivity index (χ1n) is 4.07. The first-order valence-corrected chi connectivity index (χ1v) is 4.07. The highest BCUT2D eigenvalue weighted by Crippen LogP contribution is 2.08. The van der Waals surface area contributed by atoms with Gasteiger partial charge in [-0.1, -0.05) is 0 Å². The van der Waals surface area contributed by atoms with E-state index < -0.39 is 0 Å². The molecule has 0 aliphatic carbocycles. The number of amides is 1. The summed E-state index contributed by atoms with van der Waals surface area (Å²) in [5, 5.41) is 2.61. The third kappa shape index (κ3) is 2.29. The number of rotatable bonds is 3. The molecule has 72 valence electrons. The van der Waals surface area contributed by atoms with Crippen molar-refractivity contribution in [3.8, 4) is 0 Å². The Labute approximate surface area is 76.3 Å². The number of carbonyl (C=O) groups excluding carboxylic acids is 1. The average Bonchev–Trinajstić information content (AvgIpc) is 2.41. The molecule has 0 saturated heterocycles. The van der Waals surface area contributed by atoms with Crippen LogP contribution in [0.25, 0.3) is 0 Å². The minimum absolute atomic E-state index is 0.261. The first-order chi connectivity index (χ1) is 6.15. The Kier molecular flexibility index (Phi) is 3.02. The van der Waals surface area contributed by atoms with Crippen molar-refractivity contribution in [1.82, 2.24) is 10.3 Å². The van der Waals surface area contributed by atoms with E-state index in [1.165, 1.54) is 0 Å². The molecule has 1 amide bonds. The molecule has 0 spiro atoms. The largest absolute Gasteiger partial charge is 0.436 e. The standard InChI is InChI=1S/C8H13N3O2/c1-5-7(13-6(2)11-5)8(12)10-4-3-9/h3-4,9H2,1-2H3,(H,10,12). The molecule has 0 aromatic carbocycles. The summed E-state index contributed by atoms with van der Waals surface area (Å²) in [6.45, 7) is 4.29. The van der Waals surface area contributed by atoms with Gasteiger partial charge < -0.3 is 15.5 Å². The van der Waals surface area contributed by atoms with Crippen LogP contribution in [0.15, 0.2) is 4.42 Å². The van der Waals surface area contributed by atoms with Gasteiger partial charge in [0.05, 0.1) is 5.69 Å². The van der Waals surface area contributed by atoms with Crippen LogP contribution in [0.4, 0.5) is 0 Å². The molecule has 1 aromatic rings. The normalized spacial score (nSPS) is 10.1. The Balaban J connectivity index is 2.70. The molecule has 1 heterocycles. The van der Waals surface area contributed by atoms with Gasteiger partial charge in [-0.25, -0.2) is 4.98 Å². The number of aryl methyl sites for hydroxylation is 2. The van der Waals surface area contributed by atoms with E-state index in [9.17, 15) is 4.79 Å². The number of nitrogens with zero attached hydrogens (tertiary/aromatic N) is 1. The molecule has 1 aromatic heterocycles. The molecule has 13 heavy (non-hydrogen) atoms. The number of carbonyl (C=O) groups is 1. The lowest BCUT2D eigenvalue weighted by atomic mass is 10.3. The van der Waals surface area contributed by atoms with Crippen LogP contribution in [0.1, 0.15) is 22.1 Å². The van der Waals surface area contributed by atoms with Gasteiger partial charge in [-0.15, -0.1) is 0 Å². The van der Waals surface area contributed by atoms with Crippen LogP contribution in [-0.2, 0) is 0 Å². The van der Waals surface area contributed by atoms with Crippen LogP contribution in [0, 0.1) is 13.8 Å². The van der Waals surface area contributed by atoms with E-state index in [2.05, 4.69) is 10.3 Å². The lowest BCUT2D eigenvalue weighted by Crippen LogP contribution is -2.29. The average molecular weight is 183 g/mol. The van der Waals surface area contributed by atoms with Gasteiger partial charge in [0.15, 0.2) is 5.89 Å². The Hall–Kier alpha value is -1.36. The van der Waals surface area contributed by atoms with E-state index in [0.717, 1.165) is 0 Å². The Morgan fingerprint density at radius 2 is 2.31 bits per heavy atom. The Morgan fingerprint density at radius 1 is 1.62 bits per heavy atom. The number of nitrogens with one attached hydrogen (secondary N) is 1. The maximum Gasteiger partial charge on any atom is 0.289 e. The summed E-state index contributed by atoms with van der Waals surface area (Å²) >= 11 is 0. The topological polar surface area (TPSA) is 81.2 Å². The maximum absolute atomic E-state index is 11.3. The van der Waals surface area contributed by atoms with E-state index in [-0.39, 0.29) is 11.7 Å². The Morgan fingerprint density at radius 3 is 2.77 bits per heavy atom. The molecule has 0 radical (unpaired) electrons. The number of aromatic nitrogens is 1. The molecule has 0 fully saturated rings. The summed E-state index contributed by atoms with van der Waals surface area (Å²) < 4.78 is 5.11. The number of oxazole rings is 1. The van der Waals surface area contributed by atoms with E-state index in [1.807, 2.05) is 0 Å². The predicted molar refractivity (Wildman–Crippen MR) is 47.4 cm³/mol. The fourth-order valence-electron chi connectivity index (χ4n) is 1.01. The van der Waals surface area contributed by atoms with Crippen molar-refractivity contribution in [2.24, 2.45) is 5.73 Å². The zero-order valence-corrected chi connectivity index (χ0v) is 7.76. The monoisotopic (exact) mass is 183 g/mol. The fraction of sp³-hybridized carbons (Fsp3) is 0.500. The molecule has 5 nitrogen and oxygen atoms in total. The molecule has 0 saturated carbocycles. The van der Waals surface area contributed by atoms with Gasteiger partial charge in [-0.2, -0.15) is 0 Å². The maximum atomic E-state index is 11.3. The van der Waals surface area contributed by atoms with Crippen molar-refractivity contribution >= 4 is 5.91 Å². The van der Waals surface area contributed by atoms with E-state index in [4.69, 9.17) is 10.2 Å². The van der Waals surface area contributed by atoms with Gasteiger partial charge in [0.2, 0.25) is 5.76 Å². The van der Waals surface area contributed by atoms with Crippen molar-refractivity contribution in [3.63, 3.8) is 0 Å². The molecule has 5 heteroatoms. The van der Waals surface area contributed by atoms with E-state index in [1.54, 1.807) is 13.8 Å². The molecule has 0 bridgehead atoms. The second kappa shape index (κ2) is 4.04.